The summed E-state index contributed by atoms with van der Waals surface area (Å²) in [5.41, 5.74) is -0.00945. The molecule has 1 aromatic rings. The Labute approximate surface area is 103 Å². The van der Waals surface area contributed by atoms with Crippen LogP contribution in [0.2, 0.25) is 0 Å². The predicted molar refractivity (Wildman–Crippen MR) is 72.1 cm³/mol. The summed E-state index contributed by atoms with van der Waals surface area (Å²) in [6.07, 6.45) is 0.915. The van der Waals surface area contributed by atoms with E-state index in [1.807, 2.05) is 7.05 Å². The van der Waals surface area contributed by atoms with E-state index >= 15 is 0 Å². The zero-order valence-electron chi connectivity index (χ0n) is 11.1. The second-order valence-electron chi connectivity index (χ2n) is 6.01. The molecular weight excluding hydrogens is 234 g/mol. The molecule has 1 aromatic heterocycles. The summed E-state index contributed by atoms with van der Waals surface area (Å²) >= 11 is 0. The molecule has 2 atom stereocenters. The van der Waals surface area contributed by atoms with Crippen molar-refractivity contribution in [3.8, 4) is 0 Å². The van der Waals surface area contributed by atoms with Gasteiger partial charge in [-0.15, -0.1) is 10.2 Å². The van der Waals surface area contributed by atoms with Crippen LogP contribution >= 0.6 is 0 Å². The highest BCUT2D eigenvalue weighted by Gasteiger charge is 2.31. The molecule has 0 aromatic carbocycles. The van der Waals surface area contributed by atoms with Gasteiger partial charge in [-0.3, -0.25) is 4.21 Å². The molecule has 0 amide bonds. The van der Waals surface area contributed by atoms with Gasteiger partial charge in [-0.1, -0.05) is 20.8 Å². The van der Waals surface area contributed by atoms with Gasteiger partial charge >= 0.3 is 0 Å². The molecule has 0 N–H and O–H groups in total. The third kappa shape index (κ3) is 2.39. The van der Waals surface area contributed by atoms with Crippen molar-refractivity contribution in [2.75, 3.05) is 11.5 Å². The first-order chi connectivity index (χ1) is 7.71. The monoisotopic (exact) mass is 255 g/mol. The first-order valence-electron chi connectivity index (χ1n) is 5.93. The van der Waals surface area contributed by atoms with Crippen molar-refractivity contribution in [1.29, 1.82) is 0 Å². The smallest absolute Gasteiger partial charge is 0.138 e. The molecule has 2 unspecified atom stereocenters. The largest absolute Gasteiger partial charge is 0.317 e. The van der Waals surface area contributed by atoms with Gasteiger partial charge in [-0.2, -0.15) is 0 Å². The minimum atomic E-state index is -1.87. The Morgan fingerprint density at radius 3 is 2.47 bits per heavy atom. The zero-order valence-corrected chi connectivity index (χ0v) is 11.9. The van der Waals surface area contributed by atoms with E-state index in [1.54, 1.807) is 0 Å². The first kappa shape index (κ1) is 12.6. The van der Waals surface area contributed by atoms with Crippen LogP contribution in [0.5, 0.6) is 0 Å². The minimum Gasteiger partial charge on any atom is -0.317 e. The average Bonchev–Trinajstić information content (AvgIpc) is 2.67. The summed E-state index contributed by atoms with van der Waals surface area (Å²) < 4.78 is 14.0. The first-order valence-corrected chi connectivity index (χ1v) is 7.99. The van der Waals surface area contributed by atoms with E-state index in [2.05, 4.69) is 41.4 Å². The molecule has 0 saturated carbocycles. The number of nitrogens with zero attached hydrogens (tertiary/aromatic N) is 3. The highest BCUT2D eigenvalue weighted by atomic mass is 32.2. The van der Waals surface area contributed by atoms with Crippen molar-refractivity contribution < 1.29 is 4.21 Å². The lowest BCUT2D eigenvalue weighted by atomic mass is 9.95. The van der Waals surface area contributed by atoms with Crippen LogP contribution in [0.4, 0.5) is 0 Å². The third-order valence-corrected chi connectivity index (χ3v) is 5.28. The molecule has 0 radical (unpaired) electrons. The maximum Gasteiger partial charge on any atom is 0.138 e. The van der Waals surface area contributed by atoms with Gasteiger partial charge in [-0.05, 0) is 21.8 Å². The topological polar surface area (TPSA) is 47.8 Å². The van der Waals surface area contributed by atoms with E-state index in [9.17, 15) is 4.21 Å². The van der Waals surface area contributed by atoms with Crippen molar-refractivity contribution in [3.05, 3.63) is 11.6 Å². The lowest BCUT2D eigenvalue weighted by molar-refractivity contribution is 0.513. The molecule has 0 spiro atoms. The molecule has 1 saturated heterocycles. The fourth-order valence-corrected chi connectivity index (χ4v) is 4.37. The normalized spacial score (nSPS) is 29.8. The highest BCUT2D eigenvalue weighted by molar-refractivity contribution is 8.00. The van der Waals surface area contributed by atoms with Crippen LogP contribution in [-0.2, 0) is 22.0 Å². The van der Waals surface area contributed by atoms with Gasteiger partial charge < -0.3 is 4.57 Å². The molecule has 1 aliphatic rings. The van der Waals surface area contributed by atoms with Crippen LogP contribution in [-0.4, -0.2) is 36.3 Å². The second kappa shape index (κ2) is 3.83. The lowest BCUT2D eigenvalue weighted by Gasteiger charge is -2.18. The van der Waals surface area contributed by atoms with Crippen LogP contribution in [0.15, 0.2) is 0 Å². The van der Waals surface area contributed by atoms with Gasteiger partial charge in [0.2, 0.25) is 0 Å². The fraction of sp³-hybridized carbons (Fsp3) is 0.750. The zero-order chi connectivity index (χ0) is 12.8. The van der Waals surface area contributed by atoms with Crippen LogP contribution in [0.25, 0.3) is 0 Å². The molecule has 0 bridgehead atoms. The predicted octanol–water partition coefficient (Wildman–Crippen LogP) is 1.32. The molecule has 0 aliphatic carbocycles. The van der Waals surface area contributed by atoms with E-state index in [-0.39, 0.29) is 11.3 Å². The van der Waals surface area contributed by atoms with E-state index in [1.165, 1.54) is 0 Å². The third-order valence-electron chi connectivity index (χ3n) is 3.29. The van der Waals surface area contributed by atoms with E-state index in [0.29, 0.717) is 5.75 Å². The van der Waals surface area contributed by atoms with E-state index < -0.39 is 9.52 Å². The lowest BCUT2D eigenvalue weighted by Crippen LogP contribution is -2.19. The molecule has 96 valence electrons. The molecule has 17 heavy (non-hydrogen) atoms. The second-order valence-corrected chi connectivity index (χ2v) is 8.69. The van der Waals surface area contributed by atoms with Gasteiger partial charge in [0.15, 0.2) is 0 Å². The van der Waals surface area contributed by atoms with Crippen molar-refractivity contribution in [3.63, 3.8) is 0 Å². The highest BCUT2D eigenvalue weighted by Crippen LogP contribution is 2.29. The number of rotatable bonds is 1. The van der Waals surface area contributed by atoms with Gasteiger partial charge in [0.05, 0.1) is 0 Å². The number of hydrogen-bond acceptors (Lipinski definition) is 3. The quantitative estimate of drug-likeness (QED) is 0.711. The molecule has 1 fully saturated rings. The van der Waals surface area contributed by atoms with Gasteiger partial charge in [0.1, 0.15) is 11.6 Å². The summed E-state index contributed by atoms with van der Waals surface area (Å²) in [4.78, 5) is 0. The molecular formula is C12H21N3OS. The standard InChI is InChI=1S/C12H21N3OS/c1-12(2,3)11-14-13-10(15(11)4)9-6-7-17(5,16)8-9/h9H,5-8H2,1-4H3. The van der Waals surface area contributed by atoms with Crippen molar-refractivity contribution in [2.45, 2.75) is 38.5 Å². The van der Waals surface area contributed by atoms with Gasteiger partial charge in [0.25, 0.3) is 0 Å². The van der Waals surface area contributed by atoms with E-state index in [0.717, 1.165) is 23.8 Å². The SMILES string of the molecule is C=S1(=O)CCC(c2nnc(C(C)(C)C)n2C)C1. The van der Waals surface area contributed by atoms with E-state index in [4.69, 9.17) is 0 Å². The summed E-state index contributed by atoms with van der Waals surface area (Å²) in [6, 6.07) is 0. The Balaban J connectivity index is 2.33. The van der Waals surface area contributed by atoms with Gasteiger partial charge in [-0.25, -0.2) is 0 Å². The molecule has 1 aliphatic heterocycles. The molecule has 2 rings (SSSR count). The summed E-state index contributed by atoms with van der Waals surface area (Å²) in [7, 11) is 0.131. The Kier molecular flexibility index (Phi) is 2.84. The molecule has 2 heterocycles. The Morgan fingerprint density at radius 1 is 1.41 bits per heavy atom. The van der Waals surface area contributed by atoms with Gasteiger partial charge in [0, 0.05) is 29.9 Å². The number of aromatic nitrogens is 3. The molecule has 5 heteroatoms. The summed E-state index contributed by atoms with van der Waals surface area (Å²) in [5.74, 6) is 7.38. The fourth-order valence-electron chi connectivity index (χ4n) is 2.44. The van der Waals surface area contributed by atoms with Crippen LogP contribution in [0.3, 0.4) is 0 Å². The Bertz CT molecular complexity index is 522. The van der Waals surface area contributed by atoms with Crippen LogP contribution in [0, 0.1) is 0 Å². The van der Waals surface area contributed by atoms with Crippen LogP contribution < -0.4 is 0 Å². The van der Waals surface area contributed by atoms with Crippen molar-refractivity contribution in [1.82, 2.24) is 14.8 Å². The minimum absolute atomic E-state index is 0.00945. The maximum atomic E-state index is 11.9. The number of hydrogen-bond donors (Lipinski definition) is 0. The Hall–Kier alpha value is -0.840. The summed E-state index contributed by atoms with van der Waals surface area (Å²) in [5, 5.41) is 8.57. The average molecular weight is 255 g/mol. The van der Waals surface area contributed by atoms with Crippen LogP contribution in [0.1, 0.15) is 44.8 Å². The van der Waals surface area contributed by atoms with Crippen molar-refractivity contribution in [2.24, 2.45) is 7.05 Å². The summed E-state index contributed by atoms with van der Waals surface area (Å²) in [6.45, 7) is 6.37. The van der Waals surface area contributed by atoms with Crippen molar-refractivity contribution >= 4 is 15.4 Å². The Morgan fingerprint density at radius 2 is 2.06 bits per heavy atom. The molecule has 4 nitrogen and oxygen atoms in total. The maximum absolute atomic E-state index is 11.9.